The number of hydrogen-bond donors (Lipinski definition) is 4. The highest BCUT2D eigenvalue weighted by Crippen LogP contribution is 2.50. The van der Waals surface area contributed by atoms with Crippen LogP contribution in [0.3, 0.4) is 0 Å². The first-order valence-corrected chi connectivity index (χ1v) is 7.19. The van der Waals surface area contributed by atoms with Gasteiger partial charge < -0.3 is 16.6 Å². The molecular formula is C10H13F3N2O6S. The minimum Gasteiger partial charge on any atom is -0.385 e. The van der Waals surface area contributed by atoms with Crippen molar-refractivity contribution in [2.75, 3.05) is 0 Å². The first-order valence-electron chi connectivity index (χ1n) is 5.75. The van der Waals surface area contributed by atoms with E-state index in [1.165, 1.54) is 0 Å². The third kappa shape index (κ3) is 3.39. The lowest BCUT2D eigenvalue weighted by atomic mass is 9.80. The Kier molecular flexibility index (Phi) is 4.61. The Hall–Kier alpha value is -1.66. The van der Waals surface area contributed by atoms with Crippen LogP contribution in [0.2, 0.25) is 0 Å². The molecule has 2 aliphatic carbocycles. The van der Waals surface area contributed by atoms with Gasteiger partial charge in [-0.05, 0) is 12.3 Å². The lowest BCUT2D eigenvalue weighted by molar-refractivity contribution is -0.136. The monoisotopic (exact) mass is 346 g/mol. The van der Waals surface area contributed by atoms with Crippen molar-refractivity contribution < 1.29 is 40.8 Å². The van der Waals surface area contributed by atoms with Gasteiger partial charge in [-0.1, -0.05) is 12.2 Å². The maximum atomic E-state index is 11.1. The van der Waals surface area contributed by atoms with E-state index in [1.54, 1.807) is 12.2 Å². The van der Waals surface area contributed by atoms with Crippen molar-refractivity contribution in [3.05, 3.63) is 12.2 Å². The molecule has 0 heterocycles. The standard InChI is InChI=1S/C9H12N2O3.CHF3O3S/c10-7(12)5-4-1-2-9(14,3-4)6(5)8(11)13;2-1(3,4)8(5,6)7/h1-2,4-6,14H,3H2,(H2,10,12)(H2,11,13);(H,5,6,7). The van der Waals surface area contributed by atoms with E-state index in [0.29, 0.717) is 6.42 Å². The third-order valence-electron chi connectivity index (χ3n) is 3.48. The van der Waals surface area contributed by atoms with E-state index in [2.05, 4.69) is 0 Å². The van der Waals surface area contributed by atoms with Gasteiger partial charge in [0, 0.05) is 0 Å². The molecule has 126 valence electrons. The van der Waals surface area contributed by atoms with E-state index in [-0.39, 0.29) is 5.92 Å². The van der Waals surface area contributed by atoms with Crippen LogP contribution in [0.15, 0.2) is 12.2 Å². The fourth-order valence-electron chi connectivity index (χ4n) is 2.64. The summed E-state index contributed by atoms with van der Waals surface area (Å²) in [6.07, 6.45) is 3.65. The molecule has 8 nitrogen and oxygen atoms in total. The van der Waals surface area contributed by atoms with E-state index in [1.807, 2.05) is 0 Å². The SMILES string of the molecule is NC(=O)C1C2C=CC(O)(C2)C1C(N)=O.O=S(=O)(O)C(F)(F)F. The average Bonchev–Trinajstić information content (AvgIpc) is 2.79. The van der Waals surface area contributed by atoms with Crippen LogP contribution in [0.5, 0.6) is 0 Å². The summed E-state index contributed by atoms with van der Waals surface area (Å²) in [6, 6.07) is 0. The van der Waals surface area contributed by atoms with Crippen LogP contribution < -0.4 is 11.5 Å². The summed E-state index contributed by atoms with van der Waals surface area (Å²) in [5.74, 6) is -2.89. The number of fused-ring (bicyclic) bond motifs is 2. The quantitative estimate of drug-likeness (QED) is 0.282. The summed E-state index contributed by atoms with van der Waals surface area (Å²) >= 11 is 0. The Bertz CT molecular complexity index is 617. The van der Waals surface area contributed by atoms with Crippen molar-refractivity contribution in [2.45, 2.75) is 17.5 Å². The molecule has 2 rings (SSSR count). The second-order valence-corrected chi connectivity index (χ2v) is 6.36. The molecule has 1 fully saturated rings. The fraction of sp³-hybridized carbons (Fsp3) is 0.600. The molecule has 4 unspecified atom stereocenters. The zero-order chi connectivity index (χ0) is 17.5. The molecule has 0 aromatic heterocycles. The predicted molar refractivity (Wildman–Crippen MR) is 65.2 cm³/mol. The Labute approximate surface area is 122 Å². The van der Waals surface area contributed by atoms with Crippen LogP contribution in [-0.2, 0) is 19.7 Å². The molecule has 0 aromatic rings. The van der Waals surface area contributed by atoms with Crippen molar-refractivity contribution in [3.63, 3.8) is 0 Å². The lowest BCUT2D eigenvalue weighted by Crippen LogP contribution is -2.47. The third-order valence-corrected chi connectivity index (χ3v) is 4.07. The molecule has 0 spiro atoms. The van der Waals surface area contributed by atoms with Crippen LogP contribution in [-0.4, -0.2) is 41.0 Å². The number of allylic oxidation sites excluding steroid dienone is 1. The van der Waals surface area contributed by atoms with Crippen LogP contribution >= 0.6 is 0 Å². The molecule has 2 amide bonds. The first kappa shape index (κ1) is 18.4. The number of carbonyl (C=O) groups excluding carboxylic acids is 2. The number of nitrogens with two attached hydrogens (primary N) is 2. The number of amides is 2. The normalized spacial score (nSPS) is 33.2. The molecule has 2 aliphatic rings. The number of alkyl halides is 3. The highest BCUT2D eigenvalue weighted by molar-refractivity contribution is 7.86. The zero-order valence-corrected chi connectivity index (χ0v) is 11.6. The second-order valence-electron chi connectivity index (χ2n) is 4.95. The van der Waals surface area contributed by atoms with Crippen molar-refractivity contribution in [1.29, 1.82) is 0 Å². The highest BCUT2D eigenvalue weighted by atomic mass is 32.2. The summed E-state index contributed by atoms with van der Waals surface area (Å²) in [5, 5.41) is 10.00. The van der Waals surface area contributed by atoms with Gasteiger partial charge in [-0.2, -0.15) is 21.6 Å². The minimum atomic E-state index is -5.84. The van der Waals surface area contributed by atoms with Gasteiger partial charge in [-0.3, -0.25) is 14.1 Å². The Morgan fingerprint density at radius 1 is 1.23 bits per heavy atom. The van der Waals surface area contributed by atoms with Crippen LogP contribution in [0.25, 0.3) is 0 Å². The van der Waals surface area contributed by atoms with Crippen LogP contribution in [0.1, 0.15) is 6.42 Å². The molecule has 0 aromatic carbocycles. The number of primary amides is 2. The molecule has 22 heavy (non-hydrogen) atoms. The molecular weight excluding hydrogens is 333 g/mol. The summed E-state index contributed by atoms with van der Waals surface area (Å²) in [5.41, 5.74) is 3.55. The van der Waals surface area contributed by atoms with Gasteiger partial charge in [-0.15, -0.1) is 0 Å². The topological polar surface area (TPSA) is 161 Å². The highest BCUT2D eigenvalue weighted by Gasteiger charge is 2.58. The van der Waals surface area contributed by atoms with E-state index >= 15 is 0 Å². The summed E-state index contributed by atoms with van der Waals surface area (Å²) in [4.78, 5) is 22.3. The van der Waals surface area contributed by atoms with Crippen molar-refractivity contribution in [2.24, 2.45) is 29.2 Å². The van der Waals surface area contributed by atoms with Gasteiger partial charge >= 0.3 is 15.6 Å². The fourth-order valence-corrected chi connectivity index (χ4v) is 2.64. The average molecular weight is 346 g/mol. The van der Waals surface area contributed by atoms with Gasteiger partial charge in [0.2, 0.25) is 11.8 Å². The molecule has 12 heteroatoms. The van der Waals surface area contributed by atoms with E-state index in [0.717, 1.165) is 0 Å². The molecule has 0 aliphatic heterocycles. The van der Waals surface area contributed by atoms with Gasteiger partial charge in [0.1, 0.15) is 0 Å². The number of rotatable bonds is 2. The van der Waals surface area contributed by atoms with E-state index in [9.17, 15) is 27.9 Å². The summed E-state index contributed by atoms with van der Waals surface area (Å²) < 4.78 is 57.5. The Morgan fingerprint density at radius 2 is 1.68 bits per heavy atom. The van der Waals surface area contributed by atoms with E-state index < -0.39 is 44.9 Å². The van der Waals surface area contributed by atoms with Crippen molar-refractivity contribution >= 4 is 21.9 Å². The van der Waals surface area contributed by atoms with E-state index in [4.69, 9.17) is 24.4 Å². The Morgan fingerprint density at radius 3 is 1.95 bits per heavy atom. The predicted octanol–water partition coefficient (Wildman–Crippen LogP) is -1.10. The van der Waals surface area contributed by atoms with Crippen molar-refractivity contribution in [1.82, 2.24) is 0 Å². The molecule has 6 N–H and O–H groups in total. The molecule has 4 atom stereocenters. The second kappa shape index (κ2) is 5.52. The van der Waals surface area contributed by atoms with Gasteiger partial charge in [0.25, 0.3) is 0 Å². The smallest absolute Gasteiger partial charge is 0.385 e. The number of carbonyl (C=O) groups is 2. The summed E-state index contributed by atoms with van der Waals surface area (Å²) in [6.45, 7) is 0. The van der Waals surface area contributed by atoms with Gasteiger partial charge in [0.15, 0.2) is 0 Å². The van der Waals surface area contributed by atoms with Crippen LogP contribution in [0, 0.1) is 17.8 Å². The Balaban J connectivity index is 0.000000261. The molecule has 1 saturated carbocycles. The van der Waals surface area contributed by atoms with Crippen LogP contribution in [0.4, 0.5) is 13.2 Å². The largest absolute Gasteiger partial charge is 0.522 e. The maximum absolute atomic E-state index is 11.1. The maximum Gasteiger partial charge on any atom is 0.522 e. The number of hydrogen-bond acceptors (Lipinski definition) is 5. The molecule has 2 bridgehead atoms. The van der Waals surface area contributed by atoms with Gasteiger partial charge in [0.05, 0.1) is 17.4 Å². The minimum absolute atomic E-state index is 0.144. The van der Waals surface area contributed by atoms with Gasteiger partial charge in [-0.25, -0.2) is 0 Å². The first-order chi connectivity index (χ1) is 9.71. The number of aliphatic hydroxyl groups is 1. The molecule has 0 saturated heterocycles. The lowest BCUT2D eigenvalue weighted by Gasteiger charge is -2.28. The number of halogens is 3. The molecule has 0 radical (unpaired) electrons. The summed E-state index contributed by atoms with van der Waals surface area (Å²) in [7, 11) is -5.84. The van der Waals surface area contributed by atoms with Crippen molar-refractivity contribution in [3.8, 4) is 0 Å². The zero-order valence-electron chi connectivity index (χ0n) is 10.8.